The number of aliphatic hydroxyl groups is 2. The average molecular weight is 478 g/mol. The molecule has 0 radical (unpaired) electrons. The van der Waals surface area contributed by atoms with E-state index in [1.54, 1.807) is 24.3 Å². The highest BCUT2D eigenvalue weighted by atomic mass is 19.4. The number of amides is 1. The second kappa shape index (κ2) is 10.5. The van der Waals surface area contributed by atoms with E-state index in [1.165, 1.54) is 19.2 Å². The fourth-order valence-electron chi connectivity index (χ4n) is 3.93. The van der Waals surface area contributed by atoms with Crippen molar-refractivity contribution in [2.75, 3.05) is 7.05 Å². The number of hydrogen-bond acceptors (Lipinski definition) is 6. The monoisotopic (exact) mass is 478 g/mol. The minimum atomic E-state index is -4.52. The Morgan fingerprint density at radius 1 is 1.15 bits per heavy atom. The summed E-state index contributed by atoms with van der Waals surface area (Å²) in [5.41, 5.74) is -1.09. The average Bonchev–Trinajstić information content (AvgIpc) is 2.83. The van der Waals surface area contributed by atoms with Crippen molar-refractivity contribution in [2.24, 2.45) is 0 Å². The molecule has 0 heterocycles. The molecule has 1 fully saturated rings. The zero-order chi connectivity index (χ0) is 24.9. The number of benzene rings is 2. The number of halogens is 3. The molecule has 7 nitrogen and oxygen atoms in total. The zero-order valence-electron chi connectivity index (χ0n) is 18.4. The van der Waals surface area contributed by atoms with E-state index < -0.39 is 41.6 Å². The van der Waals surface area contributed by atoms with Crippen molar-refractivity contribution in [3.8, 4) is 6.07 Å². The molecule has 1 aliphatic rings. The Morgan fingerprint density at radius 3 is 2.47 bits per heavy atom. The molecule has 2 aromatic rings. The van der Waals surface area contributed by atoms with Crippen molar-refractivity contribution in [2.45, 2.75) is 56.1 Å². The van der Waals surface area contributed by atoms with Gasteiger partial charge in [-0.2, -0.15) is 18.4 Å². The molecule has 34 heavy (non-hydrogen) atoms. The molecular weight excluding hydrogens is 453 g/mol. The second-order valence-electron chi connectivity index (χ2n) is 8.18. The molecule has 2 aromatic carbocycles. The van der Waals surface area contributed by atoms with Crippen LogP contribution < -0.4 is 5.32 Å². The Kier molecular flexibility index (Phi) is 7.94. The molecule has 0 spiro atoms. The summed E-state index contributed by atoms with van der Waals surface area (Å²) in [4.78, 5) is 12.8. The van der Waals surface area contributed by atoms with Gasteiger partial charge in [0.2, 0.25) is 0 Å². The van der Waals surface area contributed by atoms with Crippen molar-refractivity contribution in [3.63, 3.8) is 0 Å². The predicted octanol–water partition coefficient (Wildman–Crippen LogP) is 2.68. The molecule has 182 valence electrons. The topological polar surface area (TPSA) is 112 Å². The summed E-state index contributed by atoms with van der Waals surface area (Å²) in [6, 6.07) is 13.1. The van der Waals surface area contributed by atoms with Crippen LogP contribution in [0.3, 0.4) is 0 Å². The lowest BCUT2D eigenvalue weighted by Crippen LogP contribution is -2.60. The summed E-state index contributed by atoms with van der Waals surface area (Å²) in [5, 5.41) is 32.3. The van der Waals surface area contributed by atoms with Crippen molar-refractivity contribution in [1.82, 2.24) is 5.32 Å². The minimum absolute atomic E-state index is 0.0393. The van der Waals surface area contributed by atoms with Crippen LogP contribution in [0.1, 0.15) is 35.1 Å². The van der Waals surface area contributed by atoms with Gasteiger partial charge in [0.15, 0.2) is 5.60 Å². The number of carbonyl (C=O) groups excluding carboxylic acids is 1. The predicted molar refractivity (Wildman–Crippen MR) is 114 cm³/mol. The van der Waals surface area contributed by atoms with Crippen LogP contribution in [0.15, 0.2) is 48.5 Å². The molecular formula is C24H25F3N2O5. The lowest BCUT2D eigenvalue weighted by molar-refractivity contribution is -0.199. The van der Waals surface area contributed by atoms with Crippen molar-refractivity contribution in [1.29, 1.82) is 5.26 Å². The number of nitrogens with zero attached hydrogens (tertiary/aromatic N) is 1. The van der Waals surface area contributed by atoms with Crippen molar-refractivity contribution >= 4 is 5.91 Å². The van der Waals surface area contributed by atoms with Crippen LogP contribution in [-0.4, -0.2) is 47.1 Å². The number of hydrogen-bond donors (Lipinski definition) is 3. The van der Waals surface area contributed by atoms with Gasteiger partial charge in [-0.15, -0.1) is 0 Å². The van der Waals surface area contributed by atoms with Crippen LogP contribution in [0.2, 0.25) is 0 Å². The molecule has 1 aliphatic carbocycles. The van der Waals surface area contributed by atoms with E-state index in [1.807, 2.05) is 6.07 Å². The minimum Gasteiger partial charge on any atom is -0.390 e. The maximum atomic E-state index is 13.0. The molecule has 4 atom stereocenters. The van der Waals surface area contributed by atoms with Crippen molar-refractivity contribution in [3.05, 3.63) is 70.8 Å². The fourth-order valence-corrected chi connectivity index (χ4v) is 3.93. The van der Waals surface area contributed by atoms with E-state index in [4.69, 9.17) is 14.7 Å². The first-order valence-corrected chi connectivity index (χ1v) is 10.6. The van der Waals surface area contributed by atoms with Gasteiger partial charge in [0.1, 0.15) is 6.10 Å². The van der Waals surface area contributed by atoms with Gasteiger partial charge in [0, 0.05) is 19.9 Å². The van der Waals surface area contributed by atoms with Gasteiger partial charge < -0.3 is 25.0 Å². The maximum absolute atomic E-state index is 13.0. The van der Waals surface area contributed by atoms with Gasteiger partial charge in [-0.05, 0) is 35.4 Å². The quantitative estimate of drug-likeness (QED) is 0.564. The van der Waals surface area contributed by atoms with E-state index in [-0.39, 0.29) is 31.6 Å². The van der Waals surface area contributed by atoms with E-state index in [0.29, 0.717) is 11.1 Å². The van der Waals surface area contributed by atoms with E-state index in [9.17, 15) is 28.2 Å². The summed E-state index contributed by atoms with van der Waals surface area (Å²) < 4.78 is 50.7. The van der Waals surface area contributed by atoms with Crippen LogP contribution in [0, 0.1) is 11.3 Å². The first-order chi connectivity index (χ1) is 16.1. The molecule has 0 aliphatic heterocycles. The van der Waals surface area contributed by atoms with Gasteiger partial charge in [-0.25, -0.2) is 0 Å². The Hall–Kier alpha value is -2.97. The van der Waals surface area contributed by atoms with Crippen LogP contribution in [0.25, 0.3) is 0 Å². The molecule has 1 unspecified atom stereocenters. The number of alkyl halides is 3. The van der Waals surface area contributed by atoms with Gasteiger partial charge >= 0.3 is 6.18 Å². The van der Waals surface area contributed by atoms with Crippen molar-refractivity contribution < 1.29 is 37.7 Å². The highest BCUT2D eigenvalue weighted by Crippen LogP contribution is 2.36. The summed E-state index contributed by atoms with van der Waals surface area (Å²) in [6.07, 6.45) is -8.56. The van der Waals surface area contributed by atoms with Crippen LogP contribution in [0.4, 0.5) is 13.2 Å². The molecule has 1 amide bonds. The Morgan fingerprint density at radius 2 is 1.85 bits per heavy atom. The van der Waals surface area contributed by atoms with Crippen LogP contribution in [-0.2, 0) is 33.7 Å². The molecule has 10 heteroatoms. The number of carbonyl (C=O) groups is 1. The number of aliphatic hydroxyl groups excluding tert-OH is 2. The van der Waals surface area contributed by atoms with Gasteiger partial charge in [0.05, 0.1) is 42.6 Å². The Bertz CT molecular complexity index is 1040. The zero-order valence-corrected chi connectivity index (χ0v) is 18.4. The third-order valence-electron chi connectivity index (χ3n) is 5.80. The van der Waals surface area contributed by atoms with E-state index >= 15 is 0 Å². The normalized spacial score (nSPS) is 24.9. The summed E-state index contributed by atoms with van der Waals surface area (Å²) in [7, 11) is 1.38. The third-order valence-corrected chi connectivity index (χ3v) is 5.80. The van der Waals surface area contributed by atoms with E-state index in [2.05, 4.69) is 5.32 Å². The lowest BCUT2D eigenvalue weighted by Gasteiger charge is -2.43. The molecule has 0 aromatic heterocycles. The first-order valence-electron chi connectivity index (χ1n) is 10.6. The first kappa shape index (κ1) is 25.6. The molecule has 3 rings (SSSR count). The molecule has 1 saturated carbocycles. The summed E-state index contributed by atoms with van der Waals surface area (Å²) >= 11 is 0. The van der Waals surface area contributed by atoms with Gasteiger partial charge in [-0.1, -0.05) is 24.3 Å². The third kappa shape index (κ3) is 5.93. The SMILES string of the molecule is CNC(=O)[C@@]1(OCc2cccc(C(F)(F)F)c2)CC(OCc2ccc(C#N)cc2)[C@H](O)[C@H](O)C1. The summed E-state index contributed by atoms with van der Waals surface area (Å²) in [6.45, 7) is -0.278. The number of rotatable bonds is 7. The van der Waals surface area contributed by atoms with E-state index in [0.717, 1.165) is 12.1 Å². The largest absolute Gasteiger partial charge is 0.416 e. The highest BCUT2D eigenvalue weighted by Gasteiger charge is 2.51. The van der Waals surface area contributed by atoms with Crippen LogP contribution in [0.5, 0.6) is 0 Å². The van der Waals surface area contributed by atoms with Gasteiger partial charge in [-0.3, -0.25) is 4.79 Å². The number of nitrogens with one attached hydrogen (secondary N) is 1. The highest BCUT2D eigenvalue weighted by molar-refractivity contribution is 5.85. The summed E-state index contributed by atoms with van der Waals surface area (Å²) in [5.74, 6) is -0.586. The molecule has 0 bridgehead atoms. The molecule has 3 N–H and O–H groups in total. The smallest absolute Gasteiger partial charge is 0.390 e. The standard InChI is InChI=1S/C24H25F3N2O5/c1-29-22(32)23(34-14-17-3-2-4-18(9-17)24(25,26)27)10-19(30)21(31)20(11-23)33-13-16-7-5-15(12-28)6-8-16/h2-9,19-21,30-31H,10-11,13-14H2,1H3,(H,29,32)/t19-,20?,21-,23+/m1/s1. The maximum Gasteiger partial charge on any atom is 0.416 e. The lowest BCUT2D eigenvalue weighted by atomic mass is 9.78. The Labute approximate surface area is 194 Å². The number of ether oxygens (including phenoxy) is 2. The number of nitriles is 1. The Balaban J connectivity index is 1.77. The molecule has 0 saturated heterocycles. The number of likely N-dealkylation sites (N-methyl/N-ethyl adjacent to an activating group) is 1. The fraction of sp³-hybridized carbons (Fsp3) is 0.417. The van der Waals surface area contributed by atoms with Crippen LogP contribution >= 0.6 is 0 Å². The van der Waals surface area contributed by atoms with Gasteiger partial charge in [0.25, 0.3) is 5.91 Å². The second-order valence-corrected chi connectivity index (χ2v) is 8.18.